The van der Waals surface area contributed by atoms with Gasteiger partial charge in [0.1, 0.15) is 11.5 Å². The van der Waals surface area contributed by atoms with Crippen LogP contribution >= 0.6 is 11.8 Å². The first kappa shape index (κ1) is 18.1. The highest BCUT2D eigenvalue weighted by molar-refractivity contribution is 8.03. The number of thioether (sulfide) groups is 1. The summed E-state index contributed by atoms with van der Waals surface area (Å²) in [7, 11) is 1.63. The molecule has 3 rings (SSSR count). The number of carbonyl (C=O) groups is 2. The average molecular weight is 369 g/mol. The van der Waals surface area contributed by atoms with Gasteiger partial charge >= 0.3 is 5.97 Å². The van der Waals surface area contributed by atoms with Gasteiger partial charge in [-0.15, -0.1) is 0 Å². The van der Waals surface area contributed by atoms with E-state index >= 15 is 0 Å². The van der Waals surface area contributed by atoms with Crippen LogP contribution < -0.4 is 14.4 Å². The van der Waals surface area contributed by atoms with Crippen LogP contribution in [-0.4, -0.2) is 18.9 Å². The average Bonchev–Trinajstić information content (AvgIpc) is 2.91. The molecule has 26 heavy (non-hydrogen) atoms. The van der Waals surface area contributed by atoms with Crippen LogP contribution in [0.1, 0.15) is 19.4 Å². The minimum Gasteiger partial charge on any atom is -0.497 e. The molecule has 134 valence electrons. The van der Waals surface area contributed by atoms with Crippen molar-refractivity contribution in [3.8, 4) is 11.5 Å². The van der Waals surface area contributed by atoms with Gasteiger partial charge in [0, 0.05) is 30.5 Å². The van der Waals surface area contributed by atoms with Crippen LogP contribution in [0.5, 0.6) is 11.5 Å². The van der Waals surface area contributed by atoms with E-state index in [9.17, 15) is 9.59 Å². The van der Waals surface area contributed by atoms with E-state index in [2.05, 4.69) is 4.90 Å². The molecular weight excluding hydrogens is 350 g/mol. The Hall–Kier alpha value is -2.73. The molecule has 0 spiro atoms. The summed E-state index contributed by atoms with van der Waals surface area (Å²) in [6.07, 6.45) is 1.62. The maximum absolute atomic E-state index is 11.6. The molecule has 0 saturated heterocycles. The number of rotatable bonds is 5. The van der Waals surface area contributed by atoms with E-state index in [4.69, 9.17) is 9.47 Å². The molecular formula is C20H19NO4S. The lowest BCUT2D eigenvalue weighted by Gasteiger charge is -2.21. The number of benzene rings is 2. The van der Waals surface area contributed by atoms with Crippen molar-refractivity contribution in [3.05, 3.63) is 59.1 Å². The second kappa shape index (κ2) is 7.66. The lowest BCUT2D eigenvalue weighted by molar-refractivity contribution is -0.131. The molecule has 2 aromatic rings. The van der Waals surface area contributed by atoms with Gasteiger partial charge in [0.15, 0.2) is 5.78 Å². The van der Waals surface area contributed by atoms with E-state index in [0.29, 0.717) is 12.3 Å². The molecule has 0 saturated carbocycles. The Morgan fingerprint density at radius 1 is 1.08 bits per heavy atom. The Labute approximate surface area is 156 Å². The molecule has 5 nitrogen and oxygen atoms in total. The third-order valence-electron chi connectivity index (χ3n) is 3.79. The molecule has 0 N–H and O–H groups in total. The van der Waals surface area contributed by atoms with E-state index in [-0.39, 0.29) is 11.8 Å². The number of hydrogen-bond donors (Lipinski definition) is 0. The maximum atomic E-state index is 11.6. The van der Waals surface area contributed by atoms with Crippen LogP contribution in [0.25, 0.3) is 0 Å². The lowest BCUT2D eigenvalue weighted by atomic mass is 10.2. The van der Waals surface area contributed by atoms with Crippen LogP contribution in [0.15, 0.2) is 58.5 Å². The predicted octanol–water partition coefficient (Wildman–Crippen LogP) is 4.16. The van der Waals surface area contributed by atoms with Gasteiger partial charge in [-0.1, -0.05) is 23.9 Å². The van der Waals surface area contributed by atoms with E-state index in [1.807, 2.05) is 36.4 Å². The third kappa shape index (κ3) is 4.08. The van der Waals surface area contributed by atoms with Crippen LogP contribution in [0.4, 0.5) is 5.69 Å². The standard InChI is InChI=1S/C20H19NO4S/c1-13(22)10-20-21(12-15-4-6-16(24-3)7-5-15)18-11-17(25-14(2)23)8-9-19(18)26-20/h4-11H,12H2,1-3H3. The first-order valence-electron chi connectivity index (χ1n) is 8.09. The van der Waals surface area contributed by atoms with Gasteiger partial charge in [0.2, 0.25) is 0 Å². The number of methoxy groups -OCH3 is 1. The first-order valence-corrected chi connectivity index (χ1v) is 8.91. The number of fused-ring (bicyclic) bond motifs is 1. The topological polar surface area (TPSA) is 55.8 Å². The summed E-state index contributed by atoms with van der Waals surface area (Å²) in [5, 5.41) is 0.850. The third-order valence-corrected chi connectivity index (χ3v) is 4.90. The second-order valence-corrected chi connectivity index (χ2v) is 6.91. The molecule has 1 aliphatic rings. The monoisotopic (exact) mass is 369 g/mol. The van der Waals surface area contributed by atoms with Crippen molar-refractivity contribution in [3.63, 3.8) is 0 Å². The summed E-state index contributed by atoms with van der Waals surface area (Å²) >= 11 is 1.53. The maximum Gasteiger partial charge on any atom is 0.308 e. The summed E-state index contributed by atoms with van der Waals surface area (Å²) in [4.78, 5) is 26.0. The van der Waals surface area contributed by atoms with Gasteiger partial charge in [-0.25, -0.2) is 0 Å². The van der Waals surface area contributed by atoms with Crippen LogP contribution in [0.3, 0.4) is 0 Å². The molecule has 0 aliphatic carbocycles. The molecule has 6 heteroatoms. The normalized spacial score (nSPS) is 14.3. The summed E-state index contributed by atoms with van der Waals surface area (Å²) in [6, 6.07) is 13.3. The molecule has 0 radical (unpaired) electrons. The second-order valence-electron chi connectivity index (χ2n) is 5.85. The van der Waals surface area contributed by atoms with Crippen molar-refractivity contribution in [2.75, 3.05) is 12.0 Å². The van der Waals surface area contributed by atoms with Gasteiger partial charge in [-0.05, 0) is 36.8 Å². The van der Waals surface area contributed by atoms with E-state index in [1.165, 1.54) is 25.6 Å². The van der Waals surface area contributed by atoms with Crippen LogP contribution in [0.2, 0.25) is 0 Å². The van der Waals surface area contributed by atoms with Crippen molar-refractivity contribution in [2.45, 2.75) is 25.3 Å². The highest BCUT2D eigenvalue weighted by atomic mass is 32.2. The molecule has 0 unspecified atom stereocenters. The van der Waals surface area contributed by atoms with E-state index < -0.39 is 0 Å². The minimum absolute atomic E-state index is 0.0137. The molecule has 0 bridgehead atoms. The fourth-order valence-electron chi connectivity index (χ4n) is 2.67. The number of allylic oxidation sites excluding steroid dienone is 1. The quantitative estimate of drug-likeness (QED) is 0.448. The van der Waals surface area contributed by atoms with Crippen molar-refractivity contribution in [1.82, 2.24) is 0 Å². The van der Waals surface area contributed by atoms with E-state index in [0.717, 1.165) is 26.9 Å². The Bertz CT molecular complexity index is 874. The number of ether oxygens (including phenoxy) is 2. The predicted molar refractivity (Wildman–Crippen MR) is 102 cm³/mol. The molecule has 2 aromatic carbocycles. The highest BCUT2D eigenvalue weighted by Gasteiger charge is 2.26. The molecule has 1 aliphatic heterocycles. The number of carbonyl (C=O) groups excluding carboxylic acids is 2. The number of esters is 1. The highest BCUT2D eigenvalue weighted by Crippen LogP contribution is 2.48. The van der Waals surface area contributed by atoms with Gasteiger partial charge in [0.25, 0.3) is 0 Å². The molecule has 0 atom stereocenters. The lowest BCUT2D eigenvalue weighted by Crippen LogP contribution is -2.17. The molecule has 1 heterocycles. The fourth-order valence-corrected chi connectivity index (χ4v) is 3.80. The Kier molecular flexibility index (Phi) is 5.32. The van der Waals surface area contributed by atoms with Crippen molar-refractivity contribution >= 4 is 29.2 Å². The van der Waals surface area contributed by atoms with Crippen LogP contribution in [0, 0.1) is 0 Å². The molecule has 0 aromatic heterocycles. The number of nitrogens with zero attached hydrogens (tertiary/aromatic N) is 1. The summed E-state index contributed by atoms with van der Waals surface area (Å²) in [5.74, 6) is 0.902. The number of hydrogen-bond acceptors (Lipinski definition) is 6. The summed E-state index contributed by atoms with van der Waals surface area (Å²) < 4.78 is 10.4. The zero-order valence-corrected chi connectivity index (χ0v) is 15.6. The van der Waals surface area contributed by atoms with Gasteiger partial charge in [-0.3, -0.25) is 9.59 Å². The smallest absolute Gasteiger partial charge is 0.308 e. The Morgan fingerprint density at radius 3 is 2.38 bits per heavy atom. The SMILES string of the molecule is COc1ccc(CN2C(=CC(C)=O)Sc3ccc(OC(C)=O)cc32)cc1. The molecule has 0 fully saturated rings. The number of ketones is 1. The van der Waals surface area contributed by atoms with Gasteiger partial charge in [-0.2, -0.15) is 0 Å². The summed E-state index contributed by atoms with van der Waals surface area (Å²) in [6.45, 7) is 3.50. The zero-order valence-electron chi connectivity index (χ0n) is 14.8. The fraction of sp³-hybridized carbons (Fsp3) is 0.200. The largest absolute Gasteiger partial charge is 0.497 e. The van der Waals surface area contributed by atoms with Crippen molar-refractivity contribution < 1.29 is 19.1 Å². The molecule has 0 amide bonds. The van der Waals surface area contributed by atoms with Crippen molar-refractivity contribution in [2.24, 2.45) is 0 Å². The number of anilines is 1. The van der Waals surface area contributed by atoms with E-state index in [1.54, 1.807) is 19.3 Å². The zero-order chi connectivity index (χ0) is 18.7. The van der Waals surface area contributed by atoms with Crippen LogP contribution in [-0.2, 0) is 16.1 Å². The first-order chi connectivity index (χ1) is 12.5. The van der Waals surface area contributed by atoms with Gasteiger partial charge < -0.3 is 14.4 Å². The minimum atomic E-state index is -0.364. The Morgan fingerprint density at radius 2 is 1.77 bits per heavy atom. The Balaban J connectivity index is 1.95. The van der Waals surface area contributed by atoms with Gasteiger partial charge in [0.05, 0.1) is 17.8 Å². The van der Waals surface area contributed by atoms with Crippen molar-refractivity contribution in [1.29, 1.82) is 0 Å². The summed E-state index contributed by atoms with van der Waals surface area (Å²) in [5.41, 5.74) is 1.99.